The van der Waals surface area contributed by atoms with Gasteiger partial charge in [-0.3, -0.25) is 0 Å². The maximum Gasteiger partial charge on any atom is 0.175 e. The summed E-state index contributed by atoms with van der Waals surface area (Å²) in [6, 6.07) is 3.99. The molecule has 19 heavy (non-hydrogen) atoms. The highest BCUT2D eigenvalue weighted by molar-refractivity contribution is 9.10. The number of aliphatic hydroxyl groups is 1. The first-order chi connectivity index (χ1) is 9.12. The molecule has 1 unspecified atom stereocenters. The molecule has 0 aliphatic heterocycles. The van der Waals surface area contributed by atoms with Gasteiger partial charge in [0.25, 0.3) is 0 Å². The van der Waals surface area contributed by atoms with Gasteiger partial charge in [0.15, 0.2) is 11.5 Å². The van der Waals surface area contributed by atoms with Crippen LogP contribution in [0, 0.1) is 5.92 Å². The Kier molecular flexibility index (Phi) is 7.20. The summed E-state index contributed by atoms with van der Waals surface area (Å²) in [5, 5.41) is 12.1. The van der Waals surface area contributed by atoms with Crippen molar-refractivity contribution in [1.82, 2.24) is 5.32 Å². The van der Waals surface area contributed by atoms with E-state index in [1.807, 2.05) is 33.0 Å². The zero-order chi connectivity index (χ0) is 14.3. The molecule has 0 aliphatic carbocycles. The van der Waals surface area contributed by atoms with E-state index in [9.17, 15) is 0 Å². The average molecular weight is 332 g/mol. The van der Waals surface area contributed by atoms with E-state index >= 15 is 0 Å². The molecule has 0 amide bonds. The summed E-state index contributed by atoms with van der Waals surface area (Å²) < 4.78 is 12.2. The molecule has 0 aromatic heterocycles. The molecule has 0 saturated heterocycles. The summed E-state index contributed by atoms with van der Waals surface area (Å²) in [4.78, 5) is 0. The fourth-order valence-corrected chi connectivity index (χ4v) is 2.21. The Morgan fingerprint density at radius 1 is 1.37 bits per heavy atom. The van der Waals surface area contributed by atoms with E-state index in [-0.39, 0.29) is 12.5 Å². The van der Waals surface area contributed by atoms with Crippen molar-refractivity contribution in [3.63, 3.8) is 0 Å². The number of halogens is 1. The molecule has 0 spiro atoms. The van der Waals surface area contributed by atoms with E-state index in [4.69, 9.17) is 14.6 Å². The highest BCUT2D eigenvalue weighted by atomic mass is 79.9. The predicted molar refractivity (Wildman–Crippen MR) is 79.8 cm³/mol. The van der Waals surface area contributed by atoms with Gasteiger partial charge in [-0.15, -0.1) is 0 Å². The van der Waals surface area contributed by atoms with Gasteiger partial charge in [-0.05, 0) is 47.6 Å². The van der Waals surface area contributed by atoms with Gasteiger partial charge in [0.05, 0.1) is 17.7 Å². The second-order valence-electron chi connectivity index (χ2n) is 4.47. The van der Waals surface area contributed by atoms with Crippen molar-refractivity contribution in [3.8, 4) is 11.5 Å². The fraction of sp³-hybridized carbons (Fsp3) is 0.571. The Labute approximate surface area is 123 Å². The molecular formula is C14H22BrNO3. The summed E-state index contributed by atoms with van der Waals surface area (Å²) in [7, 11) is 1.90. The maximum atomic E-state index is 9.04. The molecule has 1 aromatic carbocycles. The molecule has 0 saturated carbocycles. The first kappa shape index (κ1) is 16.3. The molecule has 108 valence electrons. The van der Waals surface area contributed by atoms with E-state index in [0.29, 0.717) is 19.0 Å². The SMILES string of the molecule is CCOc1cc(CNC)cc(Br)c1OCC(C)CO. The first-order valence-electron chi connectivity index (χ1n) is 6.45. The number of ether oxygens (including phenoxy) is 2. The monoisotopic (exact) mass is 331 g/mol. The third-order valence-corrected chi connectivity index (χ3v) is 3.16. The normalized spacial score (nSPS) is 12.3. The number of hydrogen-bond acceptors (Lipinski definition) is 4. The molecule has 0 heterocycles. The van der Waals surface area contributed by atoms with Gasteiger partial charge in [-0.2, -0.15) is 0 Å². The number of nitrogens with one attached hydrogen (secondary N) is 1. The summed E-state index contributed by atoms with van der Waals surface area (Å²) in [5.41, 5.74) is 1.13. The highest BCUT2D eigenvalue weighted by Crippen LogP contribution is 2.37. The Bertz CT molecular complexity index is 399. The average Bonchev–Trinajstić information content (AvgIpc) is 2.38. The van der Waals surface area contributed by atoms with Crippen LogP contribution in [0.1, 0.15) is 19.4 Å². The lowest BCUT2D eigenvalue weighted by Crippen LogP contribution is -2.13. The predicted octanol–water partition coefficient (Wildman–Crippen LogP) is 2.57. The van der Waals surface area contributed by atoms with Crippen molar-refractivity contribution in [3.05, 3.63) is 22.2 Å². The Hall–Kier alpha value is -0.780. The van der Waals surface area contributed by atoms with Crippen molar-refractivity contribution < 1.29 is 14.6 Å². The molecule has 0 bridgehead atoms. The van der Waals surface area contributed by atoms with E-state index in [1.165, 1.54) is 0 Å². The van der Waals surface area contributed by atoms with Crippen LogP contribution in [0.15, 0.2) is 16.6 Å². The van der Waals surface area contributed by atoms with Gasteiger partial charge in [0, 0.05) is 19.1 Å². The molecule has 1 atom stereocenters. The van der Waals surface area contributed by atoms with Gasteiger partial charge in [0.2, 0.25) is 0 Å². The molecule has 4 nitrogen and oxygen atoms in total. The smallest absolute Gasteiger partial charge is 0.175 e. The second-order valence-corrected chi connectivity index (χ2v) is 5.32. The third-order valence-electron chi connectivity index (χ3n) is 2.57. The third kappa shape index (κ3) is 5.01. The van der Waals surface area contributed by atoms with Crippen LogP contribution >= 0.6 is 15.9 Å². The van der Waals surface area contributed by atoms with E-state index in [2.05, 4.69) is 21.2 Å². The van der Waals surface area contributed by atoms with Crippen molar-refractivity contribution in [2.75, 3.05) is 26.9 Å². The summed E-state index contributed by atoms with van der Waals surface area (Å²) in [6.07, 6.45) is 0. The Morgan fingerprint density at radius 2 is 2.11 bits per heavy atom. The van der Waals surface area contributed by atoms with Gasteiger partial charge < -0.3 is 19.9 Å². The summed E-state index contributed by atoms with van der Waals surface area (Å²) in [5.74, 6) is 1.52. The van der Waals surface area contributed by atoms with Gasteiger partial charge in [0.1, 0.15) is 0 Å². The van der Waals surface area contributed by atoms with Crippen molar-refractivity contribution in [1.29, 1.82) is 0 Å². The van der Waals surface area contributed by atoms with Gasteiger partial charge in [-0.25, -0.2) is 0 Å². The summed E-state index contributed by atoms with van der Waals surface area (Å²) in [6.45, 7) is 5.80. The maximum absolute atomic E-state index is 9.04. The minimum Gasteiger partial charge on any atom is -0.490 e. The van der Waals surface area contributed by atoms with Crippen LogP contribution in [0.2, 0.25) is 0 Å². The van der Waals surface area contributed by atoms with Crippen LogP contribution in [0.25, 0.3) is 0 Å². The number of aliphatic hydroxyl groups excluding tert-OH is 1. The fourth-order valence-electron chi connectivity index (χ4n) is 1.61. The van der Waals surface area contributed by atoms with Crippen LogP contribution in [0.5, 0.6) is 11.5 Å². The first-order valence-corrected chi connectivity index (χ1v) is 7.25. The standard InChI is InChI=1S/C14H22BrNO3/c1-4-18-13-6-11(7-16-3)5-12(15)14(13)19-9-10(2)8-17/h5-6,10,16-17H,4,7-9H2,1-3H3. The molecule has 1 rings (SSSR count). The van der Waals surface area contributed by atoms with Crippen LogP contribution in [0.4, 0.5) is 0 Å². The highest BCUT2D eigenvalue weighted by Gasteiger charge is 2.13. The minimum atomic E-state index is 0.0957. The van der Waals surface area contributed by atoms with Crippen molar-refractivity contribution in [2.24, 2.45) is 5.92 Å². The van der Waals surface area contributed by atoms with E-state index < -0.39 is 0 Å². The van der Waals surface area contributed by atoms with Crippen LogP contribution in [-0.4, -0.2) is 32.0 Å². The Morgan fingerprint density at radius 3 is 2.68 bits per heavy atom. The van der Waals surface area contributed by atoms with Crippen LogP contribution < -0.4 is 14.8 Å². The second kappa shape index (κ2) is 8.40. The quantitative estimate of drug-likeness (QED) is 0.768. The molecule has 0 fully saturated rings. The Balaban J connectivity index is 2.93. The van der Waals surface area contributed by atoms with Crippen LogP contribution in [-0.2, 0) is 6.54 Å². The molecule has 0 radical (unpaired) electrons. The minimum absolute atomic E-state index is 0.0957. The van der Waals surface area contributed by atoms with Gasteiger partial charge in [-0.1, -0.05) is 6.92 Å². The van der Waals surface area contributed by atoms with Crippen molar-refractivity contribution in [2.45, 2.75) is 20.4 Å². The van der Waals surface area contributed by atoms with E-state index in [1.54, 1.807) is 0 Å². The van der Waals surface area contributed by atoms with Gasteiger partial charge >= 0.3 is 0 Å². The van der Waals surface area contributed by atoms with Crippen molar-refractivity contribution >= 4 is 15.9 Å². The zero-order valence-corrected chi connectivity index (χ0v) is 13.3. The molecule has 0 aliphatic rings. The number of benzene rings is 1. The zero-order valence-electron chi connectivity index (χ0n) is 11.7. The molecule has 5 heteroatoms. The lowest BCUT2D eigenvalue weighted by atomic mass is 10.2. The van der Waals surface area contributed by atoms with Crippen LogP contribution in [0.3, 0.4) is 0 Å². The molecular weight excluding hydrogens is 310 g/mol. The largest absolute Gasteiger partial charge is 0.490 e. The number of hydrogen-bond donors (Lipinski definition) is 2. The molecule has 2 N–H and O–H groups in total. The summed E-state index contributed by atoms with van der Waals surface area (Å²) >= 11 is 3.51. The molecule has 1 aromatic rings. The van der Waals surface area contributed by atoms with E-state index in [0.717, 1.165) is 22.3 Å². The number of rotatable bonds is 8. The lowest BCUT2D eigenvalue weighted by Gasteiger charge is -2.17. The lowest BCUT2D eigenvalue weighted by molar-refractivity contribution is 0.169. The topological polar surface area (TPSA) is 50.7 Å².